The van der Waals surface area contributed by atoms with E-state index in [-0.39, 0.29) is 0 Å². The zero-order chi connectivity index (χ0) is 34.0. The Balaban J connectivity index is -0.0000000683. The summed E-state index contributed by atoms with van der Waals surface area (Å²) in [6.07, 6.45) is 29.2. The van der Waals surface area contributed by atoms with Crippen molar-refractivity contribution < 1.29 is 14.3 Å². The van der Waals surface area contributed by atoms with Gasteiger partial charge in [0.15, 0.2) is 0 Å². The minimum atomic E-state index is 0.377. The number of unbranched alkanes of at least 4 members (excludes halogenated alkanes) is 11. The zero-order valence-corrected chi connectivity index (χ0v) is 32.4. The third-order valence-electron chi connectivity index (χ3n) is 5.67. The Morgan fingerprint density at radius 1 is 0.476 bits per heavy atom. The summed E-state index contributed by atoms with van der Waals surface area (Å²) in [7, 11) is 3.48. The lowest BCUT2D eigenvalue weighted by Crippen LogP contribution is -1.91. The molecule has 0 aliphatic carbocycles. The van der Waals surface area contributed by atoms with Crippen LogP contribution in [0.2, 0.25) is 0 Å². The first-order valence-corrected chi connectivity index (χ1v) is 18.4. The Labute approximate surface area is 270 Å². The van der Waals surface area contributed by atoms with Crippen LogP contribution in [-0.4, -0.2) is 33.2 Å². The summed E-state index contributed by atoms with van der Waals surface area (Å²) in [5.41, 5.74) is 0. The molecule has 0 N–H and O–H groups in total. The topological polar surface area (TPSA) is 35.5 Å². The molecule has 0 spiro atoms. The largest absolute Gasteiger partial charge is 0.385 e. The number of ether oxygens (including phenoxy) is 2. The van der Waals surface area contributed by atoms with Crippen molar-refractivity contribution in [3.8, 4) is 0 Å². The van der Waals surface area contributed by atoms with E-state index >= 15 is 0 Å². The molecule has 0 saturated heterocycles. The fourth-order valence-electron chi connectivity index (χ4n) is 2.83. The molecule has 0 saturated carbocycles. The second-order valence-corrected chi connectivity index (χ2v) is 10.4. The normalized spacial score (nSPS) is 9.10. The molecule has 0 aliphatic rings. The summed E-state index contributed by atoms with van der Waals surface area (Å²) in [5, 5.41) is 0. The molecule has 0 rings (SSSR count). The smallest absolute Gasteiger partial charge is 0.132 e. The first-order chi connectivity index (χ1) is 20.3. The van der Waals surface area contributed by atoms with Crippen molar-refractivity contribution >= 4 is 5.78 Å². The highest BCUT2D eigenvalue weighted by Gasteiger charge is 1.91. The molecule has 0 bridgehead atoms. The van der Waals surface area contributed by atoms with Crippen LogP contribution in [0.1, 0.15) is 212 Å². The molecule has 0 atom stereocenters. The highest BCUT2D eigenvalue weighted by molar-refractivity contribution is 5.77. The van der Waals surface area contributed by atoms with Gasteiger partial charge in [-0.1, -0.05) is 178 Å². The number of allylic oxidation sites excluding steroid dienone is 2. The van der Waals surface area contributed by atoms with Gasteiger partial charge in [-0.05, 0) is 32.6 Å². The van der Waals surface area contributed by atoms with Crippen molar-refractivity contribution in [2.45, 2.75) is 212 Å². The Bertz CT molecular complexity index is 330. The third kappa shape index (κ3) is 127. The first kappa shape index (κ1) is 57.0. The van der Waals surface area contributed by atoms with Gasteiger partial charge in [-0.25, -0.2) is 0 Å². The van der Waals surface area contributed by atoms with Crippen LogP contribution in [0.15, 0.2) is 12.2 Å². The molecule has 0 heterocycles. The van der Waals surface area contributed by atoms with E-state index in [0.29, 0.717) is 12.2 Å². The minimum absolute atomic E-state index is 0.377. The first-order valence-electron chi connectivity index (χ1n) is 18.4. The number of ketones is 1. The summed E-state index contributed by atoms with van der Waals surface area (Å²) in [4.78, 5) is 10.4. The highest BCUT2D eigenvalue weighted by atomic mass is 16.5. The Morgan fingerprint density at radius 2 is 0.810 bits per heavy atom. The van der Waals surface area contributed by atoms with E-state index in [1.807, 2.05) is 20.8 Å². The van der Waals surface area contributed by atoms with Gasteiger partial charge >= 0.3 is 0 Å². The molecular formula is C39H88O3. The van der Waals surface area contributed by atoms with Gasteiger partial charge in [0.1, 0.15) is 5.78 Å². The van der Waals surface area contributed by atoms with Gasteiger partial charge in [0, 0.05) is 40.3 Å². The summed E-state index contributed by atoms with van der Waals surface area (Å²) < 4.78 is 9.63. The lowest BCUT2D eigenvalue weighted by Gasteiger charge is -1.92. The minimum Gasteiger partial charge on any atom is -0.385 e. The van der Waals surface area contributed by atoms with Crippen LogP contribution in [0.25, 0.3) is 0 Å². The molecule has 0 aromatic rings. The van der Waals surface area contributed by atoms with Crippen molar-refractivity contribution in [2.75, 3.05) is 27.4 Å². The number of Topliss-reactive ketones (excluding diaryl/α,β-unsaturated/α-hetero) is 1. The monoisotopic (exact) mass is 605 g/mol. The number of methoxy groups -OCH3 is 2. The highest BCUT2D eigenvalue weighted by Crippen LogP contribution is 1.96. The lowest BCUT2D eigenvalue weighted by atomic mass is 10.2. The predicted octanol–water partition coefficient (Wildman–Crippen LogP) is 14.4. The third-order valence-corrected chi connectivity index (χ3v) is 5.67. The van der Waals surface area contributed by atoms with E-state index in [2.05, 4.69) is 74.5 Å². The van der Waals surface area contributed by atoms with Gasteiger partial charge in [-0.2, -0.15) is 0 Å². The van der Waals surface area contributed by atoms with Gasteiger partial charge < -0.3 is 9.47 Å². The fourth-order valence-corrected chi connectivity index (χ4v) is 2.83. The molecule has 0 aromatic heterocycles. The fraction of sp³-hybridized carbons (Fsp3) is 0.923. The molecule has 0 fully saturated rings. The van der Waals surface area contributed by atoms with Crippen LogP contribution in [-0.2, 0) is 14.3 Å². The van der Waals surface area contributed by atoms with E-state index in [1.54, 1.807) is 14.2 Å². The van der Waals surface area contributed by atoms with Gasteiger partial charge in [-0.15, -0.1) is 0 Å². The van der Waals surface area contributed by atoms with Gasteiger partial charge in [0.05, 0.1) is 0 Å². The van der Waals surface area contributed by atoms with Gasteiger partial charge in [-0.3, -0.25) is 4.79 Å². The second-order valence-electron chi connectivity index (χ2n) is 10.4. The molecule has 3 nitrogen and oxygen atoms in total. The van der Waals surface area contributed by atoms with E-state index in [0.717, 1.165) is 32.5 Å². The average molecular weight is 605 g/mol. The number of hydrogen-bond donors (Lipinski definition) is 0. The summed E-state index contributed by atoms with van der Waals surface area (Å²) >= 11 is 0. The van der Waals surface area contributed by atoms with Crippen molar-refractivity contribution in [2.24, 2.45) is 0 Å². The van der Waals surface area contributed by atoms with Crippen molar-refractivity contribution in [3.05, 3.63) is 12.2 Å². The van der Waals surface area contributed by atoms with Crippen LogP contribution >= 0.6 is 0 Å². The van der Waals surface area contributed by atoms with Crippen molar-refractivity contribution in [1.29, 1.82) is 0 Å². The summed E-state index contributed by atoms with van der Waals surface area (Å²) in [5.74, 6) is 0.377. The van der Waals surface area contributed by atoms with Crippen LogP contribution in [0.3, 0.4) is 0 Å². The van der Waals surface area contributed by atoms with Gasteiger partial charge in [0.2, 0.25) is 0 Å². The molecule has 3 heteroatoms. The number of hydrogen-bond acceptors (Lipinski definition) is 3. The standard InChI is InChI=1S/C6H14O.C6H12O.2C6H14.C5H12O.C5H12.C5H10/c1-3-4-5-6-7-2;1-3-5-6(7)4-2;2*1-3-5-6-4-2;1-3-4-5-6-2;2*1-3-5-4-2/h3-6H2,1-2H3;3-5H2,1-2H3;2*3-6H2,1-2H3;3-5H2,1-2H3;3-5H2,1-2H3;3,5H,4H2,1-2H3/b;;;;;;5-3+. The molecule has 42 heavy (non-hydrogen) atoms. The molecule has 0 aromatic carbocycles. The second kappa shape index (κ2) is 77.7. The van der Waals surface area contributed by atoms with Crippen LogP contribution in [0, 0.1) is 0 Å². The maximum atomic E-state index is 10.4. The lowest BCUT2D eigenvalue weighted by molar-refractivity contribution is -0.118. The average Bonchev–Trinajstić information content (AvgIpc) is 3.01. The Hall–Kier alpha value is -0.670. The van der Waals surface area contributed by atoms with E-state index in [4.69, 9.17) is 9.47 Å². The van der Waals surface area contributed by atoms with Gasteiger partial charge in [0.25, 0.3) is 0 Å². The van der Waals surface area contributed by atoms with Crippen molar-refractivity contribution in [3.63, 3.8) is 0 Å². The van der Waals surface area contributed by atoms with Crippen LogP contribution in [0.4, 0.5) is 0 Å². The molecule has 0 radical (unpaired) electrons. The number of rotatable bonds is 19. The Morgan fingerprint density at radius 3 is 0.952 bits per heavy atom. The van der Waals surface area contributed by atoms with E-state index < -0.39 is 0 Å². The van der Waals surface area contributed by atoms with E-state index in [1.165, 1.54) is 103 Å². The van der Waals surface area contributed by atoms with Crippen molar-refractivity contribution in [1.82, 2.24) is 0 Å². The van der Waals surface area contributed by atoms with Crippen LogP contribution < -0.4 is 0 Å². The van der Waals surface area contributed by atoms with E-state index in [9.17, 15) is 4.79 Å². The zero-order valence-electron chi connectivity index (χ0n) is 32.4. The maximum Gasteiger partial charge on any atom is 0.132 e. The summed E-state index contributed by atoms with van der Waals surface area (Å²) in [6.45, 7) is 27.6. The SMILES string of the molecule is C/C=C/CC.CCCC(=O)CC.CCCCC.CCCCCC.CCCCCC.CCCCCOC.CCCCOC. The molecule has 0 amide bonds. The van der Waals surface area contributed by atoms with Crippen LogP contribution in [0.5, 0.6) is 0 Å². The molecule has 0 unspecified atom stereocenters. The molecule has 0 aliphatic heterocycles. The number of carbonyl (C=O) groups is 1. The maximum absolute atomic E-state index is 10.4. The summed E-state index contributed by atoms with van der Waals surface area (Å²) in [6, 6.07) is 0. The Kier molecular flexibility index (Phi) is 106. The molecule has 262 valence electrons. The number of carbonyl (C=O) groups excluding carboxylic acids is 1. The quantitative estimate of drug-likeness (QED) is 0.109. The molecular weight excluding hydrogens is 516 g/mol. The predicted molar refractivity (Wildman–Crippen MR) is 198 cm³/mol.